The van der Waals surface area contributed by atoms with Crippen molar-refractivity contribution in [3.63, 3.8) is 0 Å². The summed E-state index contributed by atoms with van der Waals surface area (Å²) in [6.07, 6.45) is -13.1. The predicted molar refractivity (Wildman–Crippen MR) is 307 cm³/mol. The fraction of sp³-hybridized carbons (Fsp3) is 0.982. The van der Waals surface area contributed by atoms with Gasteiger partial charge in [-0.1, -0.05) is 194 Å². The van der Waals surface area contributed by atoms with Crippen LogP contribution >= 0.6 is 15.6 Å². The number of aliphatic hydroxyl groups is 15. The Morgan fingerprint density at radius 1 is 0.435 bits per heavy atom. The third-order valence-corrected chi connectivity index (χ3v) is 18.5. The van der Waals surface area contributed by atoms with Crippen molar-refractivity contribution in [2.45, 2.75) is 335 Å². The highest BCUT2D eigenvalue weighted by atomic mass is 31.2. The van der Waals surface area contributed by atoms with Crippen LogP contribution in [-0.2, 0) is 41.5 Å². The van der Waals surface area contributed by atoms with Crippen molar-refractivity contribution in [3.8, 4) is 0 Å². The summed E-state index contributed by atoms with van der Waals surface area (Å²) in [4.78, 5) is 35.0. The fourth-order valence-electron chi connectivity index (χ4n) is 11.0. The Balaban J connectivity index is 1.67. The molecule has 1 amide bonds. The highest BCUT2D eigenvalue weighted by Gasteiger charge is 2.56. The Kier molecular flexibility index (Phi) is 38.2. The van der Waals surface area contributed by atoms with Crippen LogP contribution in [0.2, 0.25) is 0 Å². The molecule has 1 saturated heterocycles. The van der Waals surface area contributed by atoms with Crippen LogP contribution < -0.4 is 5.32 Å². The van der Waals surface area contributed by atoms with Gasteiger partial charge in [-0.25, -0.2) is 9.13 Å². The quantitative estimate of drug-likeness (QED) is 0.0305. The van der Waals surface area contributed by atoms with E-state index in [4.69, 9.17) is 27.6 Å². The molecule has 14 unspecified atom stereocenters. The molecule has 1 aliphatic heterocycles. The lowest BCUT2D eigenvalue weighted by Crippen LogP contribution is -2.67. The number of rotatable bonds is 46. The molecule has 0 spiro atoms. The van der Waals surface area contributed by atoms with Gasteiger partial charge in [0.1, 0.15) is 110 Å². The van der Waals surface area contributed by atoms with Gasteiger partial charge in [-0.3, -0.25) is 22.9 Å². The number of carbonyl (C=O) groups is 1. The maximum Gasteiger partial charge on any atom is 0.472 e. The largest absolute Gasteiger partial charge is 0.472 e. The lowest BCUT2D eigenvalue weighted by atomic mass is 9.84. The van der Waals surface area contributed by atoms with Crippen LogP contribution in [-0.4, -0.2) is 234 Å². The lowest BCUT2D eigenvalue weighted by molar-refractivity contribution is -0.337. The number of hydrogen-bond acceptors (Lipinski definition) is 24. The van der Waals surface area contributed by atoms with Crippen molar-refractivity contribution >= 4 is 21.6 Å². The van der Waals surface area contributed by atoms with Gasteiger partial charge in [0.15, 0.2) is 6.29 Å². The normalized spacial score (nSPS) is 33.0. The summed E-state index contributed by atoms with van der Waals surface area (Å²) in [5, 5.41) is 162. The molecule has 27 nitrogen and oxygen atoms in total. The SMILES string of the molecule is CCCCCCCCCCCCCCCCC(O)C(=O)N[C@@H](COP(=O)(O)O[C@H]1C(O)C(O)C(O)[C@@H](O)C1O[C@H]1O[C@H](COP(=O)(O)OC2C(O)C(O)C(O)[C@@H](O)C2O)[C@@H](O)C(O)C1O)[C@H](O)[C@H](O)CCCCCCCCCCCCCCCC. The van der Waals surface area contributed by atoms with Crippen LogP contribution in [0.1, 0.15) is 206 Å². The van der Waals surface area contributed by atoms with Crippen molar-refractivity contribution in [2.75, 3.05) is 13.2 Å². The average molecular weight is 1270 g/mol. The lowest BCUT2D eigenvalue weighted by Gasteiger charge is -2.47. The van der Waals surface area contributed by atoms with Crippen LogP contribution in [0.4, 0.5) is 0 Å². The van der Waals surface area contributed by atoms with E-state index in [2.05, 4.69) is 19.2 Å². The standard InChI is InChI=1S/C56H109NO26P2/c1-3-5-7-9-11-13-15-17-19-21-23-25-27-29-31-36(58)39(60)35(57-55(73)37(59)32-30-28-26-24-22-20-18-16-14-12-10-8-6-4-2)33-78-84(74,75)83-54-50(71)46(67)45(66)49(70)53(54)81-56-51(72)41(62)40(61)38(80-56)34-79-85(76,77)82-52-47(68)43(64)42(63)44(65)48(52)69/h35-54,56,58-72H,3-34H2,1-2H3,(H,57,73)(H,74,75)(H,76,77)/t35-,36+,37?,38+,39-,40+,41?,42?,43+,44?,45?,46?,47?,48?,49+,50?,51?,52?,53?,54-,56+/m0/s1. The molecular formula is C56H109NO26P2. The first-order valence-corrected chi connectivity index (χ1v) is 34.4. The second kappa shape index (κ2) is 41.5. The molecule has 0 aromatic heterocycles. The molecule has 0 aromatic rings. The smallest absolute Gasteiger partial charge is 0.390 e. The number of phosphoric acid groups is 2. The molecule has 29 heteroatoms. The molecular weight excluding hydrogens is 1160 g/mol. The van der Waals surface area contributed by atoms with E-state index in [0.29, 0.717) is 19.3 Å². The zero-order valence-electron chi connectivity index (χ0n) is 49.9. The zero-order valence-corrected chi connectivity index (χ0v) is 51.7. The Morgan fingerprint density at radius 3 is 1.21 bits per heavy atom. The minimum atomic E-state index is -5.68. The molecule has 1 heterocycles. The fourth-order valence-corrected chi connectivity index (χ4v) is 12.9. The summed E-state index contributed by atoms with van der Waals surface area (Å²) in [6.45, 7) is 2.03. The Morgan fingerprint density at radius 2 is 0.776 bits per heavy atom. The topological polar surface area (TPSA) is 463 Å². The second-order valence-corrected chi connectivity index (χ2v) is 26.5. The molecule has 0 aromatic carbocycles. The first-order chi connectivity index (χ1) is 40.3. The van der Waals surface area contributed by atoms with E-state index < -0.39 is 163 Å². The number of hydrogen-bond donors (Lipinski definition) is 18. The number of nitrogens with one attached hydrogen (secondary N) is 1. The van der Waals surface area contributed by atoms with E-state index >= 15 is 0 Å². The minimum absolute atomic E-state index is 0.0362. The highest BCUT2D eigenvalue weighted by Crippen LogP contribution is 2.49. The van der Waals surface area contributed by atoms with Gasteiger partial charge < -0.3 is 101 Å². The number of amides is 1. The Labute approximate surface area is 501 Å². The van der Waals surface area contributed by atoms with E-state index in [9.17, 15) is 100 Å². The zero-order chi connectivity index (χ0) is 63.3. The number of ether oxygens (including phenoxy) is 2. The molecule has 3 rings (SSSR count). The van der Waals surface area contributed by atoms with Gasteiger partial charge in [0.25, 0.3) is 0 Å². The van der Waals surface area contributed by atoms with E-state index in [1.165, 1.54) is 103 Å². The van der Waals surface area contributed by atoms with Gasteiger partial charge in [0, 0.05) is 0 Å². The van der Waals surface area contributed by atoms with E-state index in [0.717, 1.165) is 57.8 Å². The highest BCUT2D eigenvalue weighted by molar-refractivity contribution is 7.47. The molecule has 2 aliphatic carbocycles. The van der Waals surface area contributed by atoms with Crippen LogP contribution in [0.25, 0.3) is 0 Å². The van der Waals surface area contributed by atoms with Crippen molar-refractivity contribution in [1.29, 1.82) is 0 Å². The molecule has 2 saturated carbocycles. The van der Waals surface area contributed by atoms with Crippen molar-refractivity contribution in [3.05, 3.63) is 0 Å². The summed E-state index contributed by atoms with van der Waals surface area (Å²) >= 11 is 0. The molecule has 3 aliphatic rings. The summed E-state index contributed by atoms with van der Waals surface area (Å²) in [6, 6.07) is -1.69. The maximum atomic E-state index is 13.8. The van der Waals surface area contributed by atoms with Crippen LogP contribution in [0.3, 0.4) is 0 Å². The minimum Gasteiger partial charge on any atom is -0.390 e. The molecule has 0 bridgehead atoms. The van der Waals surface area contributed by atoms with Crippen LogP contribution in [0.5, 0.6) is 0 Å². The average Bonchev–Trinajstić information content (AvgIpc) is 2.02. The van der Waals surface area contributed by atoms with Gasteiger partial charge >= 0.3 is 15.6 Å². The first kappa shape index (κ1) is 78.3. The van der Waals surface area contributed by atoms with Crippen LogP contribution in [0, 0.1) is 0 Å². The summed E-state index contributed by atoms with van der Waals surface area (Å²) in [5.74, 6) is -0.991. The van der Waals surface area contributed by atoms with Gasteiger partial charge in [0.05, 0.1) is 25.4 Å². The van der Waals surface area contributed by atoms with Gasteiger partial charge in [-0.2, -0.15) is 0 Å². The Hall–Kier alpha value is -0.990. The molecule has 18 N–H and O–H groups in total. The van der Waals surface area contributed by atoms with E-state index in [-0.39, 0.29) is 12.8 Å². The number of phosphoric ester groups is 2. The van der Waals surface area contributed by atoms with Gasteiger partial charge in [0.2, 0.25) is 5.91 Å². The van der Waals surface area contributed by atoms with Crippen LogP contribution in [0.15, 0.2) is 0 Å². The second-order valence-electron chi connectivity index (χ2n) is 23.7. The third-order valence-electron chi connectivity index (χ3n) is 16.5. The third kappa shape index (κ3) is 27.4. The number of aliphatic hydroxyl groups excluding tert-OH is 15. The molecule has 23 atom stereocenters. The first-order valence-electron chi connectivity index (χ1n) is 31.4. The van der Waals surface area contributed by atoms with E-state index in [1.807, 2.05) is 0 Å². The molecule has 504 valence electrons. The number of unbranched alkanes of at least 4 members (excludes halogenated alkanes) is 26. The van der Waals surface area contributed by atoms with E-state index in [1.54, 1.807) is 0 Å². The Bertz CT molecular complexity index is 1860. The van der Waals surface area contributed by atoms with Crippen molar-refractivity contribution in [1.82, 2.24) is 5.32 Å². The number of carbonyl (C=O) groups excluding carboxylic acids is 1. The maximum absolute atomic E-state index is 13.8. The molecule has 3 fully saturated rings. The van der Waals surface area contributed by atoms with Crippen molar-refractivity contribution < 1.29 is 128 Å². The van der Waals surface area contributed by atoms with Gasteiger partial charge in [-0.15, -0.1) is 0 Å². The molecule has 85 heavy (non-hydrogen) atoms. The monoisotopic (exact) mass is 1270 g/mol. The molecule has 0 radical (unpaired) electrons. The predicted octanol–water partition coefficient (Wildman–Crippen LogP) is 1.77. The summed E-state index contributed by atoms with van der Waals surface area (Å²) < 4.78 is 57.7. The van der Waals surface area contributed by atoms with Gasteiger partial charge in [-0.05, 0) is 12.8 Å². The summed E-state index contributed by atoms with van der Waals surface area (Å²) in [7, 11) is -11.2. The van der Waals surface area contributed by atoms with Crippen molar-refractivity contribution in [2.24, 2.45) is 0 Å². The summed E-state index contributed by atoms with van der Waals surface area (Å²) in [5.41, 5.74) is 0.